The van der Waals surface area contributed by atoms with Crippen LogP contribution in [-0.4, -0.2) is 30.8 Å². The van der Waals surface area contributed by atoms with Gasteiger partial charge >= 0.3 is 0 Å². The van der Waals surface area contributed by atoms with Crippen LogP contribution in [-0.2, 0) is 9.53 Å². The Morgan fingerprint density at radius 1 is 1.31 bits per heavy atom. The molecule has 1 atom stereocenters. The number of hydrogen-bond donors (Lipinski definition) is 2. The highest BCUT2D eigenvalue weighted by Gasteiger charge is 2.14. The van der Waals surface area contributed by atoms with Gasteiger partial charge < -0.3 is 15.6 Å². The van der Waals surface area contributed by atoms with E-state index < -0.39 is 0 Å². The molecule has 0 saturated carbocycles. The molecule has 3 N–H and O–H groups in total. The number of ether oxygens (including phenoxy) is 1. The number of rotatable bonds is 11. The van der Waals surface area contributed by atoms with Gasteiger partial charge in [0, 0.05) is 13.2 Å². The van der Waals surface area contributed by atoms with Crippen LogP contribution < -0.4 is 5.73 Å². The van der Waals surface area contributed by atoms with E-state index in [4.69, 9.17) is 15.6 Å². The molecule has 0 spiro atoms. The third kappa shape index (κ3) is 8.68. The number of hydrogen-bond acceptors (Lipinski definition) is 3. The van der Waals surface area contributed by atoms with Crippen molar-refractivity contribution in [2.75, 3.05) is 19.8 Å². The fourth-order valence-electron chi connectivity index (χ4n) is 1.48. The maximum absolute atomic E-state index is 11.1. The van der Waals surface area contributed by atoms with E-state index in [9.17, 15) is 4.79 Å². The van der Waals surface area contributed by atoms with E-state index in [1.807, 2.05) is 0 Å². The van der Waals surface area contributed by atoms with Crippen LogP contribution in [0.15, 0.2) is 0 Å². The molecule has 0 rings (SSSR count). The molecule has 0 heterocycles. The van der Waals surface area contributed by atoms with Crippen molar-refractivity contribution in [3.8, 4) is 0 Å². The third-order valence-electron chi connectivity index (χ3n) is 2.57. The minimum Gasteiger partial charge on any atom is -0.396 e. The Balaban J connectivity index is 3.48. The van der Waals surface area contributed by atoms with Crippen LogP contribution >= 0.6 is 0 Å². The molecule has 0 fully saturated rings. The second kappa shape index (κ2) is 10.9. The second-order valence-corrected chi connectivity index (χ2v) is 4.10. The Morgan fingerprint density at radius 3 is 2.62 bits per heavy atom. The maximum Gasteiger partial charge on any atom is 0.222 e. The predicted octanol–water partition coefficient (Wildman–Crippen LogP) is 1.46. The molecule has 4 heteroatoms. The highest BCUT2D eigenvalue weighted by Crippen LogP contribution is 2.09. The average Bonchev–Trinajstić information content (AvgIpc) is 2.26. The summed E-state index contributed by atoms with van der Waals surface area (Å²) in [5.74, 6) is -0.401. The lowest BCUT2D eigenvalue weighted by molar-refractivity contribution is -0.124. The van der Waals surface area contributed by atoms with Gasteiger partial charge in [-0.3, -0.25) is 4.79 Å². The van der Waals surface area contributed by atoms with Crippen molar-refractivity contribution in [3.63, 3.8) is 0 Å². The molecule has 16 heavy (non-hydrogen) atoms. The van der Waals surface area contributed by atoms with Crippen molar-refractivity contribution in [2.45, 2.75) is 45.4 Å². The zero-order chi connectivity index (χ0) is 12.2. The van der Waals surface area contributed by atoms with E-state index >= 15 is 0 Å². The Labute approximate surface area is 98.2 Å². The summed E-state index contributed by atoms with van der Waals surface area (Å²) in [4.78, 5) is 11.1. The maximum atomic E-state index is 11.1. The Kier molecular flexibility index (Phi) is 10.5. The number of unbranched alkanes of at least 4 members (excludes halogenated alkanes) is 3. The zero-order valence-electron chi connectivity index (χ0n) is 10.3. The van der Waals surface area contributed by atoms with Gasteiger partial charge in [0.2, 0.25) is 5.91 Å². The van der Waals surface area contributed by atoms with Crippen molar-refractivity contribution in [2.24, 2.45) is 11.7 Å². The quantitative estimate of drug-likeness (QED) is 0.529. The molecule has 0 aromatic rings. The molecule has 96 valence electrons. The van der Waals surface area contributed by atoms with Gasteiger partial charge in [0.25, 0.3) is 0 Å². The zero-order valence-corrected chi connectivity index (χ0v) is 10.3. The molecule has 1 unspecified atom stereocenters. The monoisotopic (exact) mass is 231 g/mol. The highest BCUT2D eigenvalue weighted by molar-refractivity contribution is 5.76. The van der Waals surface area contributed by atoms with Gasteiger partial charge in [0.1, 0.15) is 0 Å². The van der Waals surface area contributed by atoms with Crippen molar-refractivity contribution in [1.82, 2.24) is 0 Å². The summed E-state index contributed by atoms with van der Waals surface area (Å²) in [7, 11) is 0. The molecular formula is C12H25NO3. The minimum absolute atomic E-state index is 0.141. The lowest BCUT2D eigenvalue weighted by Crippen LogP contribution is -2.27. The molecule has 1 amide bonds. The van der Waals surface area contributed by atoms with Crippen LogP contribution in [0.4, 0.5) is 0 Å². The van der Waals surface area contributed by atoms with Crippen molar-refractivity contribution in [3.05, 3.63) is 0 Å². The van der Waals surface area contributed by atoms with Crippen LogP contribution in [0.25, 0.3) is 0 Å². The van der Waals surface area contributed by atoms with Gasteiger partial charge in [-0.25, -0.2) is 0 Å². The largest absolute Gasteiger partial charge is 0.396 e. The number of carbonyl (C=O) groups is 1. The molecular weight excluding hydrogens is 206 g/mol. The van der Waals surface area contributed by atoms with Gasteiger partial charge in [-0.2, -0.15) is 0 Å². The van der Waals surface area contributed by atoms with E-state index in [-0.39, 0.29) is 18.4 Å². The summed E-state index contributed by atoms with van der Waals surface area (Å²) in [6.07, 6.45) is 5.62. The first kappa shape index (κ1) is 15.4. The Morgan fingerprint density at radius 2 is 2.06 bits per heavy atom. The average molecular weight is 231 g/mol. The minimum atomic E-state index is -0.260. The third-order valence-corrected chi connectivity index (χ3v) is 2.57. The molecule has 0 aliphatic heterocycles. The standard InChI is InChI=1S/C12H25NO3/c1-2-3-7-11(12(13)15)10-16-9-6-4-5-8-14/h11,14H,2-10H2,1H3,(H2,13,15). The smallest absolute Gasteiger partial charge is 0.222 e. The van der Waals surface area contributed by atoms with Gasteiger partial charge in [-0.15, -0.1) is 0 Å². The van der Waals surface area contributed by atoms with Gasteiger partial charge in [0.05, 0.1) is 12.5 Å². The number of amides is 1. The molecule has 0 aromatic carbocycles. The summed E-state index contributed by atoms with van der Waals surface area (Å²) in [5.41, 5.74) is 5.29. The Hall–Kier alpha value is -0.610. The fourth-order valence-corrected chi connectivity index (χ4v) is 1.48. The van der Waals surface area contributed by atoms with Crippen molar-refractivity contribution in [1.29, 1.82) is 0 Å². The summed E-state index contributed by atoms with van der Waals surface area (Å²) >= 11 is 0. The molecule has 0 aliphatic rings. The van der Waals surface area contributed by atoms with E-state index in [1.54, 1.807) is 0 Å². The second-order valence-electron chi connectivity index (χ2n) is 4.10. The first-order valence-corrected chi connectivity index (χ1v) is 6.20. The van der Waals surface area contributed by atoms with Gasteiger partial charge in [-0.1, -0.05) is 19.8 Å². The van der Waals surface area contributed by atoms with E-state index in [2.05, 4.69) is 6.92 Å². The molecule has 0 aromatic heterocycles. The number of primary amides is 1. The number of carbonyl (C=O) groups excluding carboxylic acids is 1. The van der Waals surface area contributed by atoms with Crippen molar-refractivity contribution < 1.29 is 14.6 Å². The lowest BCUT2D eigenvalue weighted by atomic mass is 10.0. The van der Waals surface area contributed by atoms with E-state index in [0.29, 0.717) is 13.2 Å². The molecule has 0 bridgehead atoms. The molecule has 0 saturated heterocycles. The SMILES string of the molecule is CCCCC(COCCCCCO)C(N)=O. The first-order chi connectivity index (χ1) is 7.72. The van der Waals surface area contributed by atoms with Gasteiger partial charge in [0.15, 0.2) is 0 Å². The van der Waals surface area contributed by atoms with Crippen LogP contribution in [0.5, 0.6) is 0 Å². The molecule has 0 radical (unpaired) electrons. The number of aliphatic hydroxyl groups is 1. The van der Waals surface area contributed by atoms with Crippen LogP contribution in [0.3, 0.4) is 0 Å². The normalized spacial score (nSPS) is 12.6. The fraction of sp³-hybridized carbons (Fsp3) is 0.917. The van der Waals surface area contributed by atoms with Gasteiger partial charge in [-0.05, 0) is 25.7 Å². The van der Waals surface area contributed by atoms with E-state index in [1.165, 1.54) is 0 Å². The summed E-state index contributed by atoms with van der Waals surface area (Å²) in [6, 6.07) is 0. The first-order valence-electron chi connectivity index (χ1n) is 6.20. The lowest BCUT2D eigenvalue weighted by Gasteiger charge is -2.13. The van der Waals surface area contributed by atoms with Crippen molar-refractivity contribution >= 4 is 5.91 Å². The van der Waals surface area contributed by atoms with E-state index in [0.717, 1.165) is 38.5 Å². The molecule has 4 nitrogen and oxygen atoms in total. The summed E-state index contributed by atoms with van der Waals surface area (Å²) in [5, 5.41) is 8.58. The number of nitrogens with two attached hydrogens (primary N) is 1. The summed E-state index contributed by atoms with van der Waals surface area (Å²) in [6.45, 7) is 3.42. The summed E-state index contributed by atoms with van der Waals surface area (Å²) < 4.78 is 5.42. The van der Waals surface area contributed by atoms with Crippen LogP contribution in [0.1, 0.15) is 45.4 Å². The topological polar surface area (TPSA) is 72.6 Å². The molecule has 0 aliphatic carbocycles. The predicted molar refractivity (Wildman–Crippen MR) is 64.0 cm³/mol. The van der Waals surface area contributed by atoms with Crippen LogP contribution in [0, 0.1) is 5.92 Å². The number of aliphatic hydroxyl groups excluding tert-OH is 1. The highest BCUT2D eigenvalue weighted by atomic mass is 16.5. The Bertz CT molecular complexity index is 174. The van der Waals surface area contributed by atoms with Crippen LogP contribution in [0.2, 0.25) is 0 Å².